The third kappa shape index (κ3) is 3.70. The Hall–Kier alpha value is -2.14. The maximum atomic E-state index is 13.0. The summed E-state index contributed by atoms with van der Waals surface area (Å²) in [5.74, 6) is 0.452. The largest absolute Gasteiger partial charge is 0.207 e. The van der Waals surface area contributed by atoms with Crippen LogP contribution >= 0.6 is 0 Å². The van der Waals surface area contributed by atoms with Crippen LogP contribution in [0.25, 0.3) is 0 Å². The van der Waals surface area contributed by atoms with Crippen molar-refractivity contribution in [2.75, 3.05) is 0 Å². The Kier molecular flexibility index (Phi) is 4.75. The van der Waals surface area contributed by atoms with E-state index < -0.39 is 0 Å². The van der Waals surface area contributed by atoms with Crippen molar-refractivity contribution in [1.29, 1.82) is 5.26 Å². The van der Waals surface area contributed by atoms with Gasteiger partial charge in [0.25, 0.3) is 0 Å². The van der Waals surface area contributed by atoms with Crippen LogP contribution < -0.4 is 0 Å². The molecule has 0 aromatic heterocycles. The Morgan fingerprint density at radius 2 is 1.62 bits per heavy atom. The zero-order valence-corrected chi connectivity index (χ0v) is 12.7. The van der Waals surface area contributed by atoms with Crippen LogP contribution in [0.3, 0.4) is 0 Å². The maximum absolute atomic E-state index is 13.0. The molecule has 2 rings (SSSR count). The van der Waals surface area contributed by atoms with Gasteiger partial charge in [-0.05, 0) is 53.1 Å². The normalized spacial score (nSPS) is 12.2. The second kappa shape index (κ2) is 6.54. The third-order valence-corrected chi connectivity index (χ3v) is 3.89. The van der Waals surface area contributed by atoms with Crippen molar-refractivity contribution in [3.63, 3.8) is 0 Å². The van der Waals surface area contributed by atoms with Gasteiger partial charge in [-0.15, -0.1) is 0 Å². The first kappa shape index (κ1) is 15.3. The lowest BCUT2D eigenvalue weighted by atomic mass is 9.89. The lowest BCUT2D eigenvalue weighted by Gasteiger charge is -2.14. The zero-order chi connectivity index (χ0) is 15.4. The molecule has 0 spiro atoms. The summed E-state index contributed by atoms with van der Waals surface area (Å²) in [5, 5.41) is 9.34. The molecule has 0 bridgehead atoms. The van der Waals surface area contributed by atoms with Crippen molar-refractivity contribution in [2.45, 2.75) is 39.0 Å². The molecule has 1 unspecified atom stereocenters. The monoisotopic (exact) mass is 281 g/mol. The zero-order valence-electron chi connectivity index (χ0n) is 12.7. The molecule has 0 radical (unpaired) electrons. The van der Waals surface area contributed by atoms with E-state index in [9.17, 15) is 9.65 Å². The van der Waals surface area contributed by atoms with Gasteiger partial charge in [0.2, 0.25) is 0 Å². The molecule has 0 amide bonds. The molecule has 2 aromatic carbocycles. The Bertz CT molecular complexity index is 650. The van der Waals surface area contributed by atoms with Crippen LogP contribution in [-0.4, -0.2) is 0 Å². The number of hydrogen-bond donors (Lipinski definition) is 0. The minimum atomic E-state index is -0.218. The predicted octanol–water partition coefficient (Wildman–Crippen LogP) is 5.17. The van der Waals surface area contributed by atoms with Gasteiger partial charge in [0.1, 0.15) is 5.82 Å². The van der Waals surface area contributed by atoms with E-state index in [0.29, 0.717) is 5.92 Å². The minimum Gasteiger partial charge on any atom is -0.207 e. The minimum absolute atomic E-state index is 0.218. The summed E-state index contributed by atoms with van der Waals surface area (Å²) in [5.41, 5.74) is 4.08. The van der Waals surface area contributed by atoms with Crippen molar-refractivity contribution < 1.29 is 4.39 Å². The molecule has 2 heteroatoms. The van der Waals surface area contributed by atoms with E-state index >= 15 is 0 Å². The SMILES string of the molecule is CC(C)c1ccc(CC(C)c2ccc(F)cc2)c(C#N)c1. The first-order valence-electron chi connectivity index (χ1n) is 7.29. The van der Waals surface area contributed by atoms with Gasteiger partial charge < -0.3 is 0 Å². The van der Waals surface area contributed by atoms with Gasteiger partial charge in [-0.25, -0.2) is 4.39 Å². The highest BCUT2D eigenvalue weighted by Crippen LogP contribution is 2.25. The van der Waals surface area contributed by atoms with Crippen molar-refractivity contribution in [3.05, 3.63) is 70.5 Å². The van der Waals surface area contributed by atoms with Crippen molar-refractivity contribution in [2.24, 2.45) is 0 Å². The Balaban J connectivity index is 2.23. The van der Waals surface area contributed by atoms with Crippen molar-refractivity contribution >= 4 is 0 Å². The van der Waals surface area contributed by atoms with Gasteiger partial charge >= 0.3 is 0 Å². The van der Waals surface area contributed by atoms with E-state index in [0.717, 1.165) is 23.1 Å². The predicted molar refractivity (Wildman–Crippen MR) is 83.8 cm³/mol. The van der Waals surface area contributed by atoms with Crippen molar-refractivity contribution in [1.82, 2.24) is 0 Å². The van der Waals surface area contributed by atoms with Crippen LogP contribution in [0.4, 0.5) is 4.39 Å². The summed E-state index contributed by atoms with van der Waals surface area (Å²) in [4.78, 5) is 0. The molecule has 0 saturated carbocycles. The molecule has 0 fully saturated rings. The molecule has 1 nitrogen and oxygen atoms in total. The van der Waals surface area contributed by atoms with E-state index in [-0.39, 0.29) is 11.7 Å². The van der Waals surface area contributed by atoms with Crippen LogP contribution in [0, 0.1) is 17.1 Å². The molecule has 21 heavy (non-hydrogen) atoms. The average molecular weight is 281 g/mol. The highest BCUT2D eigenvalue weighted by Gasteiger charge is 2.11. The average Bonchev–Trinajstić information content (AvgIpc) is 2.48. The fourth-order valence-corrected chi connectivity index (χ4v) is 2.47. The molecule has 0 aliphatic carbocycles. The summed E-state index contributed by atoms with van der Waals surface area (Å²) < 4.78 is 13.0. The molecule has 0 heterocycles. The number of halogens is 1. The number of nitriles is 1. The number of hydrogen-bond acceptors (Lipinski definition) is 1. The standard InChI is InChI=1S/C19H20FN/c1-13(2)16-4-5-17(18(11-16)12-21)10-14(3)15-6-8-19(20)9-7-15/h4-9,11,13-14H,10H2,1-3H3. The highest BCUT2D eigenvalue weighted by atomic mass is 19.1. The van der Waals surface area contributed by atoms with Crippen LogP contribution in [0.2, 0.25) is 0 Å². The molecular formula is C19H20FN. The smallest absolute Gasteiger partial charge is 0.123 e. The second-order valence-electron chi connectivity index (χ2n) is 5.84. The van der Waals surface area contributed by atoms with E-state index in [1.807, 2.05) is 24.3 Å². The van der Waals surface area contributed by atoms with E-state index in [4.69, 9.17) is 0 Å². The lowest BCUT2D eigenvalue weighted by Crippen LogP contribution is -2.02. The molecule has 0 saturated heterocycles. The first-order valence-corrected chi connectivity index (χ1v) is 7.29. The summed E-state index contributed by atoms with van der Waals surface area (Å²) in [6, 6.07) is 15.0. The molecule has 0 aliphatic rings. The van der Waals surface area contributed by atoms with Crippen LogP contribution in [0.15, 0.2) is 42.5 Å². The number of benzene rings is 2. The quantitative estimate of drug-likeness (QED) is 0.758. The van der Waals surface area contributed by atoms with E-state index in [1.54, 1.807) is 0 Å². The van der Waals surface area contributed by atoms with Crippen LogP contribution in [0.1, 0.15) is 54.9 Å². The lowest BCUT2D eigenvalue weighted by molar-refractivity contribution is 0.625. The Morgan fingerprint density at radius 1 is 1.00 bits per heavy atom. The molecule has 2 aromatic rings. The van der Waals surface area contributed by atoms with Gasteiger partial charge in [-0.3, -0.25) is 0 Å². The fourth-order valence-electron chi connectivity index (χ4n) is 2.47. The number of nitrogens with zero attached hydrogens (tertiary/aromatic N) is 1. The van der Waals surface area contributed by atoms with Crippen LogP contribution in [0.5, 0.6) is 0 Å². The van der Waals surface area contributed by atoms with E-state index in [2.05, 4.69) is 32.9 Å². The fraction of sp³-hybridized carbons (Fsp3) is 0.316. The summed E-state index contributed by atoms with van der Waals surface area (Å²) >= 11 is 0. The first-order chi connectivity index (χ1) is 10.0. The summed E-state index contributed by atoms with van der Waals surface area (Å²) in [6.45, 7) is 6.35. The van der Waals surface area contributed by atoms with Crippen LogP contribution in [-0.2, 0) is 6.42 Å². The molecule has 108 valence electrons. The highest BCUT2D eigenvalue weighted by molar-refractivity contribution is 5.42. The van der Waals surface area contributed by atoms with Gasteiger partial charge in [-0.2, -0.15) is 5.26 Å². The summed E-state index contributed by atoms with van der Waals surface area (Å²) in [6.07, 6.45) is 0.785. The van der Waals surface area contributed by atoms with E-state index in [1.165, 1.54) is 17.7 Å². The summed E-state index contributed by atoms with van der Waals surface area (Å²) in [7, 11) is 0. The van der Waals surface area contributed by atoms with Crippen molar-refractivity contribution in [3.8, 4) is 6.07 Å². The van der Waals surface area contributed by atoms with Gasteiger partial charge in [0.05, 0.1) is 11.6 Å². The second-order valence-corrected chi connectivity index (χ2v) is 5.84. The number of rotatable bonds is 4. The van der Waals surface area contributed by atoms with Gasteiger partial charge in [0.15, 0.2) is 0 Å². The third-order valence-electron chi connectivity index (χ3n) is 3.89. The molecular weight excluding hydrogens is 261 g/mol. The molecule has 0 N–H and O–H groups in total. The topological polar surface area (TPSA) is 23.8 Å². The Labute approximate surface area is 126 Å². The maximum Gasteiger partial charge on any atom is 0.123 e. The molecule has 1 atom stereocenters. The Morgan fingerprint density at radius 3 is 2.19 bits per heavy atom. The van der Waals surface area contributed by atoms with Gasteiger partial charge in [0, 0.05) is 0 Å². The molecule has 0 aliphatic heterocycles. The van der Waals surface area contributed by atoms with Gasteiger partial charge in [-0.1, -0.05) is 45.0 Å².